The zero-order chi connectivity index (χ0) is 20.4. The molecule has 1 aromatic heterocycles. The highest BCUT2D eigenvalue weighted by molar-refractivity contribution is 6.09. The van der Waals surface area contributed by atoms with Crippen molar-refractivity contribution < 1.29 is 19.0 Å². The van der Waals surface area contributed by atoms with E-state index in [0.717, 1.165) is 44.9 Å². The number of benzene rings is 3. The van der Waals surface area contributed by atoms with E-state index in [1.807, 2.05) is 36.4 Å². The summed E-state index contributed by atoms with van der Waals surface area (Å²) < 4.78 is 18.3. The Bertz CT molecular complexity index is 1140. The molecule has 5 nitrogen and oxygen atoms in total. The zero-order valence-corrected chi connectivity index (χ0v) is 16.3. The van der Waals surface area contributed by atoms with Crippen LogP contribution in [0.1, 0.15) is 5.56 Å². The van der Waals surface area contributed by atoms with Gasteiger partial charge in [-0.2, -0.15) is 0 Å². The standard InChI is InChI=1S/C24H21NO4/c1-4-24(26)29-17-7-5-16(6-8-17)15-25-22-11-9-18(27-2)13-20(22)21-14-19(28-3)10-12-23(21)25/h4-14H,1,15H2,2-3H3. The highest BCUT2D eigenvalue weighted by Gasteiger charge is 2.13. The molecule has 0 unspecified atom stereocenters. The van der Waals surface area contributed by atoms with Gasteiger partial charge in [0.25, 0.3) is 0 Å². The maximum Gasteiger partial charge on any atom is 0.335 e. The summed E-state index contributed by atoms with van der Waals surface area (Å²) in [5, 5.41) is 2.21. The van der Waals surface area contributed by atoms with Gasteiger partial charge in [0.05, 0.1) is 14.2 Å². The molecule has 0 bridgehead atoms. The number of rotatable bonds is 6. The number of esters is 1. The number of aromatic nitrogens is 1. The molecule has 0 spiro atoms. The summed E-state index contributed by atoms with van der Waals surface area (Å²) in [5.74, 6) is 1.65. The molecule has 29 heavy (non-hydrogen) atoms. The number of fused-ring (bicyclic) bond motifs is 3. The van der Waals surface area contributed by atoms with E-state index in [-0.39, 0.29) is 0 Å². The summed E-state index contributed by atoms with van der Waals surface area (Å²) in [7, 11) is 3.34. The maximum atomic E-state index is 11.4. The molecule has 0 aliphatic carbocycles. The molecule has 0 saturated carbocycles. The normalized spacial score (nSPS) is 10.8. The van der Waals surface area contributed by atoms with Gasteiger partial charge in [-0.25, -0.2) is 4.79 Å². The molecule has 4 rings (SSSR count). The van der Waals surface area contributed by atoms with Gasteiger partial charge >= 0.3 is 5.97 Å². The summed E-state index contributed by atoms with van der Waals surface area (Å²) in [4.78, 5) is 11.4. The summed E-state index contributed by atoms with van der Waals surface area (Å²) in [6.45, 7) is 4.09. The van der Waals surface area contributed by atoms with Crippen LogP contribution in [-0.2, 0) is 11.3 Å². The second-order valence-corrected chi connectivity index (χ2v) is 6.62. The molecule has 0 radical (unpaired) electrons. The van der Waals surface area contributed by atoms with Gasteiger partial charge in [-0.15, -0.1) is 0 Å². The van der Waals surface area contributed by atoms with Gasteiger partial charge in [0.1, 0.15) is 17.2 Å². The van der Waals surface area contributed by atoms with E-state index in [1.165, 1.54) is 0 Å². The van der Waals surface area contributed by atoms with Crippen LogP contribution in [0.2, 0.25) is 0 Å². The fourth-order valence-corrected chi connectivity index (χ4v) is 3.49. The van der Waals surface area contributed by atoms with Gasteiger partial charge in [0.2, 0.25) is 0 Å². The quantitative estimate of drug-likeness (QED) is 0.267. The molecular weight excluding hydrogens is 366 g/mol. The van der Waals surface area contributed by atoms with Crippen molar-refractivity contribution in [3.8, 4) is 17.2 Å². The van der Waals surface area contributed by atoms with Gasteiger partial charge in [0, 0.05) is 34.4 Å². The predicted octanol–water partition coefficient (Wildman–Crippen LogP) is 4.95. The molecule has 0 aliphatic rings. The molecule has 5 heteroatoms. The topological polar surface area (TPSA) is 49.7 Å². The average Bonchev–Trinajstić information content (AvgIpc) is 3.07. The molecule has 1 heterocycles. The Hall–Kier alpha value is -3.73. The molecule has 3 aromatic carbocycles. The lowest BCUT2D eigenvalue weighted by molar-refractivity contribution is -0.128. The van der Waals surface area contributed by atoms with Crippen molar-refractivity contribution in [3.63, 3.8) is 0 Å². The number of nitrogens with zero attached hydrogens (tertiary/aromatic N) is 1. The van der Waals surface area contributed by atoms with Crippen LogP contribution in [0.4, 0.5) is 0 Å². The molecule has 0 N–H and O–H groups in total. The van der Waals surface area contributed by atoms with Crippen LogP contribution in [-0.4, -0.2) is 24.8 Å². The average molecular weight is 387 g/mol. The zero-order valence-electron chi connectivity index (χ0n) is 16.3. The second-order valence-electron chi connectivity index (χ2n) is 6.62. The lowest BCUT2D eigenvalue weighted by atomic mass is 10.1. The lowest BCUT2D eigenvalue weighted by Crippen LogP contribution is -2.03. The summed E-state index contributed by atoms with van der Waals surface area (Å²) in [5.41, 5.74) is 3.31. The van der Waals surface area contributed by atoms with Gasteiger partial charge in [0.15, 0.2) is 0 Å². The predicted molar refractivity (Wildman–Crippen MR) is 114 cm³/mol. The minimum absolute atomic E-state index is 0.469. The third-order valence-electron chi connectivity index (χ3n) is 4.93. The first kappa shape index (κ1) is 18.6. The number of methoxy groups -OCH3 is 2. The highest BCUT2D eigenvalue weighted by Crippen LogP contribution is 2.34. The highest BCUT2D eigenvalue weighted by atomic mass is 16.5. The van der Waals surface area contributed by atoms with Crippen molar-refractivity contribution in [2.75, 3.05) is 14.2 Å². The van der Waals surface area contributed by atoms with Crippen molar-refractivity contribution >= 4 is 27.8 Å². The molecule has 0 amide bonds. The van der Waals surface area contributed by atoms with Gasteiger partial charge < -0.3 is 18.8 Å². The van der Waals surface area contributed by atoms with Crippen molar-refractivity contribution in [2.45, 2.75) is 6.54 Å². The van der Waals surface area contributed by atoms with E-state index in [4.69, 9.17) is 14.2 Å². The summed E-state index contributed by atoms with van der Waals surface area (Å²) in [6, 6.07) is 19.7. The van der Waals surface area contributed by atoms with Crippen LogP contribution in [0, 0.1) is 0 Å². The van der Waals surface area contributed by atoms with E-state index in [1.54, 1.807) is 26.4 Å². The first-order valence-electron chi connectivity index (χ1n) is 9.20. The number of hydrogen-bond acceptors (Lipinski definition) is 4. The minimum atomic E-state index is -0.469. The van der Waals surface area contributed by atoms with Crippen molar-refractivity contribution in [1.82, 2.24) is 4.57 Å². The van der Waals surface area contributed by atoms with Crippen molar-refractivity contribution in [2.24, 2.45) is 0 Å². The Morgan fingerprint density at radius 2 is 1.38 bits per heavy atom. The third kappa shape index (κ3) is 3.55. The number of carbonyl (C=O) groups is 1. The van der Waals surface area contributed by atoms with E-state index in [0.29, 0.717) is 12.3 Å². The molecule has 0 saturated heterocycles. The number of hydrogen-bond donors (Lipinski definition) is 0. The number of ether oxygens (including phenoxy) is 3. The first-order chi connectivity index (χ1) is 14.1. The van der Waals surface area contributed by atoms with Crippen LogP contribution >= 0.6 is 0 Å². The number of carbonyl (C=O) groups excluding carboxylic acids is 1. The van der Waals surface area contributed by atoms with Gasteiger partial charge in [-0.1, -0.05) is 18.7 Å². The van der Waals surface area contributed by atoms with Crippen LogP contribution in [0.3, 0.4) is 0 Å². The smallest absolute Gasteiger partial charge is 0.335 e. The Balaban J connectivity index is 1.78. The SMILES string of the molecule is C=CC(=O)Oc1ccc(Cn2c3ccc(OC)cc3c3cc(OC)ccc32)cc1. The van der Waals surface area contributed by atoms with Crippen LogP contribution in [0.25, 0.3) is 21.8 Å². The monoisotopic (exact) mass is 387 g/mol. The fraction of sp³-hybridized carbons (Fsp3) is 0.125. The van der Waals surface area contributed by atoms with Crippen LogP contribution in [0.5, 0.6) is 17.2 Å². The third-order valence-corrected chi connectivity index (χ3v) is 4.93. The first-order valence-corrected chi connectivity index (χ1v) is 9.20. The van der Waals surface area contributed by atoms with E-state index in [9.17, 15) is 4.79 Å². The lowest BCUT2D eigenvalue weighted by Gasteiger charge is -2.09. The maximum absolute atomic E-state index is 11.4. The Labute approximate surface area is 168 Å². The van der Waals surface area contributed by atoms with Crippen LogP contribution in [0.15, 0.2) is 73.3 Å². The minimum Gasteiger partial charge on any atom is -0.497 e. The molecule has 0 aliphatic heterocycles. The second kappa shape index (κ2) is 7.72. The molecule has 146 valence electrons. The summed E-state index contributed by atoms with van der Waals surface area (Å²) in [6.07, 6.45) is 1.15. The van der Waals surface area contributed by atoms with E-state index in [2.05, 4.69) is 23.3 Å². The Kier molecular flexibility index (Phi) is 4.96. The largest absolute Gasteiger partial charge is 0.497 e. The Morgan fingerprint density at radius 3 is 1.86 bits per heavy atom. The van der Waals surface area contributed by atoms with Crippen LogP contribution < -0.4 is 14.2 Å². The Morgan fingerprint density at radius 1 is 0.862 bits per heavy atom. The summed E-state index contributed by atoms with van der Waals surface area (Å²) >= 11 is 0. The molecule has 0 fully saturated rings. The fourth-order valence-electron chi connectivity index (χ4n) is 3.49. The van der Waals surface area contributed by atoms with Crippen molar-refractivity contribution in [3.05, 3.63) is 78.9 Å². The molecular formula is C24H21NO4. The van der Waals surface area contributed by atoms with E-state index >= 15 is 0 Å². The van der Waals surface area contributed by atoms with Gasteiger partial charge in [-0.3, -0.25) is 0 Å². The molecule has 4 aromatic rings. The van der Waals surface area contributed by atoms with Crippen molar-refractivity contribution in [1.29, 1.82) is 0 Å². The van der Waals surface area contributed by atoms with E-state index < -0.39 is 5.97 Å². The van der Waals surface area contributed by atoms with Gasteiger partial charge in [-0.05, 0) is 54.1 Å². The molecule has 0 atom stereocenters.